The first-order valence-corrected chi connectivity index (χ1v) is 10.0. The molecule has 1 heterocycles. The number of ether oxygens (including phenoxy) is 2. The Kier molecular flexibility index (Phi) is 8.71. The molecule has 1 aromatic carbocycles. The molecule has 11 heteroatoms. The van der Waals surface area contributed by atoms with Crippen molar-refractivity contribution in [2.24, 2.45) is 0 Å². The third kappa shape index (κ3) is 7.99. The quantitative estimate of drug-likeness (QED) is 0.456. The smallest absolute Gasteiger partial charge is 0.408 e. The first kappa shape index (κ1) is 24.8. The number of carbonyl (C=O) groups excluding carboxylic acids is 2. The van der Waals surface area contributed by atoms with E-state index in [4.69, 9.17) is 9.47 Å². The van der Waals surface area contributed by atoms with Crippen LogP contribution in [-0.4, -0.2) is 62.9 Å². The summed E-state index contributed by atoms with van der Waals surface area (Å²) in [5.74, 6) is -1.68. The summed E-state index contributed by atoms with van der Waals surface area (Å²) in [4.78, 5) is 35.8. The predicted molar refractivity (Wildman–Crippen MR) is 114 cm³/mol. The Morgan fingerprint density at radius 3 is 2.44 bits per heavy atom. The number of carboxylic acids is 1. The van der Waals surface area contributed by atoms with Crippen LogP contribution >= 0.6 is 0 Å². The summed E-state index contributed by atoms with van der Waals surface area (Å²) in [6.07, 6.45) is 1.02. The molecule has 1 aromatic heterocycles. The van der Waals surface area contributed by atoms with Gasteiger partial charge < -0.3 is 19.9 Å². The van der Waals surface area contributed by atoms with Crippen molar-refractivity contribution in [3.8, 4) is 0 Å². The van der Waals surface area contributed by atoms with Crippen molar-refractivity contribution in [1.29, 1.82) is 0 Å². The van der Waals surface area contributed by atoms with Gasteiger partial charge in [0.25, 0.3) is 0 Å². The van der Waals surface area contributed by atoms with Crippen molar-refractivity contribution in [2.45, 2.75) is 58.0 Å². The minimum absolute atomic E-state index is 0.173. The van der Waals surface area contributed by atoms with E-state index in [0.717, 1.165) is 5.56 Å². The number of hydrogen-bond donors (Lipinski definition) is 3. The van der Waals surface area contributed by atoms with Gasteiger partial charge in [-0.15, -0.1) is 5.10 Å². The Bertz CT molecular complexity index is 909. The topological polar surface area (TPSA) is 145 Å². The molecule has 0 spiro atoms. The molecule has 0 saturated heterocycles. The van der Waals surface area contributed by atoms with Gasteiger partial charge in [0.05, 0.1) is 25.5 Å². The molecule has 0 aliphatic rings. The Balaban J connectivity index is 2.05. The summed E-state index contributed by atoms with van der Waals surface area (Å²) in [6, 6.07) is 7.55. The molecule has 0 fully saturated rings. The van der Waals surface area contributed by atoms with E-state index in [0.29, 0.717) is 12.1 Å². The minimum Gasteiger partial charge on any atom is -0.480 e. The van der Waals surface area contributed by atoms with E-state index < -0.39 is 35.7 Å². The van der Waals surface area contributed by atoms with E-state index in [9.17, 15) is 19.5 Å². The number of carbonyl (C=O) groups is 3. The lowest BCUT2D eigenvalue weighted by Gasteiger charge is -2.22. The maximum Gasteiger partial charge on any atom is 0.408 e. The molecule has 0 unspecified atom stereocenters. The maximum absolute atomic E-state index is 12.2. The lowest BCUT2D eigenvalue weighted by molar-refractivity contribution is -0.143. The van der Waals surface area contributed by atoms with Gasteiger partial charge in [0, 0.05) is 6.54 Å². The number of rotatable bonds is 10. The highest BCUT2D eigenvalue weighted by atomic mass is 16.6. The van der Waals surface area contributed by atoms with Crippen LogP contribution < -0.4 is 10.6 Å². The highest BCUT2D eigenvalue weighted by molar-refractivity contribution is 5.80. The van der Waals surface area contributed by atoms with E-state index in [1.165, 1.54) is 18.0 Å². The largest absolute Gasteiger partial charge is 0.480 e. The second kappa shape index (κ2) is 11.2. The minimum atomic E-state index is -1.29. The Hall–Kier alpha value is -3.47. The molecule has 2 rings (SSSR count). The van der Waals surface area contributed by atoms with Crippen molar-refractivity contribution in [3.05, 3.63) is 47.8 Å². The molecule has 0 aliphatic heterocycles. The summed E-state index contributed by atoms with van der Waals surface area (Å²) in [7, 11) is 1.31. The Morgan fingerprint density at radius 2 is 1.84 bits per heavy atom. The third-order valence-electron chi connectivity index (χ3n) is 4.34. The van der Waals surface area contributed by atoms with Gasteiger partial charge in [-0.25, -0.2) is 14.3 Å². The van der Waals surface area contributed by atoms with Gasteiger partial charge in [-0.1, -0.05) is 35.5 Å². The van der Waals surface area contributed by atoms with Crippen molar-refractivity contribution in [2.75, 3.05) is 7.11 Å². The van der Waals surface area contributed by atoms with Crippen LogP contribution in [-0.2, 0) is 38.6 Å². The lowest BCUT2D eigenvalue weighted by atomic mass is 10.1. The van der Waals surface area contributed by atoms with Crippen LogP contribution in [0.2, 0.25) is 0 Å². The van der Waals surface area contributed by atoms with Gasteiger partial charge in [-0.05, 0) is 32.8 Å². The van der Waals surface area contributed by atoms with Gasteiger partial charge in [0.15, 0.2) is 0 Å². The van der Waals surface area contributed by atoms with Crippen LogP contribution in [0.15, 0.2) is 36.5 Å². The molecule has 3 N–H and O–H groups in total. The monoisotopic (exact) mass is 447 g/mol. The summed E-state index contributed by atoms with van der Waals surface area (Å²) >= 11 is 0. The van der Waals surface area contributed by atoms with Crippen LogP contribution in [0.1, 0.15) is 32.0 Å². The second-order valence-corrected chi connectivity index (χ2v) is 8.09. The molecule has 0 saturated carbocycles. The zero-order valence-corrected chi connectivity index (χ0v) is 18.6. The molecule has 32 heavy (non-hydrogen) atoms. The Morgan fingerprint density at radius 1 is 1.16 bits per heavy atom. The van der Waals surface area contributed by atoms with Crippen LogP contribution in [0.5, 0.6) is 0 Å². The van der Waals surface area contributed by atoms with Gasteiger partial charge >= 0.3 is 18.0 Å². The van der Waals surface area contributed by atoms with Gasteiger partial charge in [-0.2, -0.15) is 0 Å². The van der Waals surface area contributed by atoms with Gasteiger partial charge in [0.1, 0.15) is 17.7 Å². The normalized spacial score (nSPS) is 13.1. The number of nitrogens with one attached hydrogen (secondary N) is 2. The van der Waals surface area contributed by atoms with Crippen molar-refractivity contribution in [1.82, 2.24) is 25.6 Å². The number of alkyl carbamates (subject to hydrolysis) is 1. The Labute approximate surface area is 186 Å². The zero-order chi connectivity index (χ0) is 23.7. The molecule has 2 aromatic rings. The third-order valence-corrected chi connectivity index (χ3v) is 4.34. The first-order chi connectivity index (χ1) is 15.1. The number of esters is 1. The molecule has 2 atom stereocenters. The molecule has 0 radical (unpaired) electrons. The van der Waals surface area contributed by atoms with E-state index in [-0.39, 0.29) is 13.1 Å². The number of amides is 1. The van der Waals surface area contributed by atoms with Crippen LogP contribution in [0.4, 0.5) is 4.79 Å². The van der Waals surface area contributed by atoms with E-state index in [1.807, 2.05) is 30.3 Å². The number of methoxy groups -OCH3 is 1. The van der Waals surface area contributed by atoms with Crippen LogP contribution in [0.25, 0.3) is 0 Å². The standard InChI is InChI=1S/C21H29N5O6/c1-21(2,3)32-20(30)24-17(18(27)28)13-26-15(12-23-25-26)11-22-16(19(29)31-4)10-14-8-6-5-7-9-14/h5-9,12,16-17,22H,10-11,13H2,1-4H3,(H,24,30)(H,27,28)/t16-,17-/m0/s1. The average molecular weight is 447 g/mol. The first-order valence-electron chi connectivity index (χ1n) is 10.0. The number of benzene rings is 1. The lowest BCUT2D eigenvalue weighted by Crippen LogP contribution is -2.46. The fraction of sp³-hybridized carbons (Fsp3) is 0.476. The summed E-state index contributed by atoms with van der Waals surface area (Å²) in [5.41, 5.74) is 0.718. The van der Waals surface area contributed by atoms with Gasteiger partial charge in [-0.3, -0.25) is 10.1 Å². The number of carboxylic acid groups (broad SMARTS) is 1. The summed E-state index contributed by atoms with van der Waals surface area (Å²) in [5, 5.41) is 22.6. The van der Waals surface area contributed by atoms with Crippen molar-refractivity contribution >= 4 is 18.0 Å². The molecule has 0 aliphatic carbocycles. The van der Waals surface area contributed by atoms with E-state index in [2.05, 4.69) is 20.9 Å². The SMILES string of the molecule is COC(=O)[C@H](Cc1ccccc1)NCc1cnnn1C[C@H](NC(=O)OC(C)(C)C)C(=O)O. The highest BCUT2D eigenvalue weighted by Gasteiger charge is 2.26. The fourth-order valence-electron chi connectivity index (χ4n) is 2.84. The molecular formula is C21H29N5O6. The van der Waals surface area contributed by atoms with E-state index >= 15 is 0 Å². The molecule has 0 bridgehead atoms. The maximum atomic E-state index is 12.2. The highest BCUT2D eigenvalue weighted by Crippen LogP contribution is 2.09. The molecule has 1 amide bonds. The van der Waals surface area contributed by atoms with E-state index in [1.54, 1.807) is 20.8 Å². The number of nitrogens with zero attached hydrogens (tertiary/aromatic N) is 3. The molecular weight excluding hydrogens is 418 g/mol. The number of aliphatic carboxylic acids is 1. The average Bonchev–Trinajstić information content (AvgIpc) is 3.16. The van der Waals surface area contributed by atoms with Crippen LogP contribution in [0, 0.1) is 0 Å². The van der Waals surface area contributed by atoms with Crippen LogP contribution in [0.3, 0.4) is 0 Å². The van der Waals surface area contributed by atoms with Gasteiger partial charge in [0.2, 0.25) is 0 Å². The summed E-state index contributed by atoms with van der Waals surface area (Å²) < 4.78 is 11.4. The van der Waals surface area contributed by atoms with Crippen molar-refractivity contribution in [3.63, 3.8) is 0 Å². The summed E-state index contributed by atoms with van der Waals surface area (Å²) in [6.45, 7) is 5.04. The zero-order valence-electron chi connectivity index (χ0n) is 18.6. The molecule has 11 nitrogen and oxygen atoms in total. The fourth-order valence-corrected chi connectivity index (χ4v) is 2.84. The predicted octanol–water partition coefficient (Wildman–Crippen LogP) is 1.13. The van der Waals surface area contributed by atoms with Crippen molar-refractivity contribution < 1.29 is 29.0 Å². The molecule has 174 valence electrons. The second-order valence-electron chi connectivity index (χ2n) is 8.09. The number of hydrogen-bond acceptors (Lipinski definition) is 8. The number of aromatic nitrogens is 3.